The second kappa shape index (κ2) is 9.75. The van der Waals surface area contributed by atoms with Gasteiger partial charge in [-0.3, -0.25) is 9.59 Å². The maximum atomic E-state index is 13.6. The molecule has 2 aromatic rings. The quantitative estimate of drug-likeness (QED) is 0.514. The summed E-state index contributed by atoms with van der Waals surface area (Å²) in [4.78, 5) is 32.1. The summed E-state index contributed by atoms with van der Waals surface area (Å²) >= 11 is 0. The van der Waals surface area contributed by atoms with Gasteiger partial charge in [0.2, 0.25) is 0 Å². The van der Waals surface area contributed by atoms with Crippen LogP contribution in [-0.4, -0.2) is 34.5 Å². The maximum absolute atomic E-state index is 13.6. The fraction of sp³-hybridized carbons (Fsp3) is 0.136. The van der Waals surface area contributed by atoms with Crippen LogP contribution in [0.5, 0.6) is 0 Å². The van der Waals surface area contributed by atoms with Crippen molar-refractivity contribution < 1.29 is 27.2 Å². The van der Waals surface area contributed by atoms with Gasteiger partial charge in [-0.1, -0.05) is 17.9 Å². The number of nitrogens with one attached hydrogen (secondary N) is 2. The average Bonchev–Trinajstić information content (AvgIpc) is 2.81. The van der Waals surface area contributed by atoms with Crippen LogP contribution in [0.3, 0.4) is 0 Å². The smallest absolute Gasteiger partial charge is 0.346 e. The van der Waals surface area contributed by atoms with E-state index in [4.69, 9.17) is 5.26 Å². The molecule has 3 rings (SSSR count). The molecule has 0 saturated heterocycles. The van der Waals surface area contributed by atoms with Crippen molar-refractivity contribution in [1.29, 1.82) is 5.26 Å². The van der Waals surface area contributed by atoms with Gasteiger partial charge in [0.05, 0.1) is 18.2 Å². The Morgan fingerprint density at radius 2 is 1.73 bits per heavy atom. The maximum Gasteiger partial charge on any atom is 0.412 e. The molecule has 2 N–H and O–H groups in total. The Morgan fingerprint density at radius 3 is 2.30 bits per heavy atom. The highest BCUT2D eigenvalue weighted by molar-refractivity contribution is 5.97. The molecule has 0 bridgehead atoms. The topological polar surface area (TPSA) is 108 Å². The summed E-state index contributed by atoms with van der Waals surface area (Å²) < 4.78 is 53.5. The number of alkyl halides is 3. The largest absolute Gasteiger partial charge is 0.412 e. The lowest BCUT2D eigenvalue weighted by molar-refractivity contribution is -0.155. The van der Waals surface area contributed by atoms with Crippen molar-refractivity contribution in [2.24, 2.45) is 0 Å². The molecule has 1 heterocycles. The van der Waals surface area contributed by atoms with Gasteiger partial charge in [0.15, 0.2) is 11.9 Å². The normalized spacial score (nSPS) is 13.4. The molecule has 33 heavy (non-hydrogen) atoms. The number of carbonyl (C=O) groups excluding carboxylic acids is 2. The van der Waals surface area contributed by atoms with Gasteiger partial charge in [-0.15, -0.1) is 0 Å². The van der Waals surface area contributed by atoms with Crippen LogP contribution in [-0.2, 0) is 0 Å². The molecule has 1 aromatic heterocycles. The lowest BCUT2D eigenvalue weighted by atomic mass is 10.0. The van der Waals surface area contributed by atoms with E-state index >= 15 is 0 Å². The van der Waals surface area contributed by atoms with Crippen LogP contribution in [0.1, 0.15) is 38.1 Å². The average molecular weight is 455 g/mol. The molecule has 0 saturated carbocycles. The molecule has 0 radical (unpaired) electrons. The minimum absolute atomic E-state index is 0.0456. The first-order valence-corrected chi connectivity index (χ1v) is 9.23. The number of carbonyl (C=O) groups is 2. The summed E-state index contributed by atoms with van der Waals surface area (Å²) in [5.74, 6) is -2.53. The van der Waals surface area contributed by atoms with E-state index in [1.165, 1.54) is 18.2 Å². The predicted molar refractivity (Wildman–Crippen MR) is 106 cm³/mol. The van der Waals surface area contributed by atoms with Crippen LogP contribution in [0.25, 0.3) is 0 Å². The van der Waals surface area contributed by atoms with Crippen molar-refractivity contribution in [2.75, 3.05) is 6.54 Å². The minimum Gasteiger partial charge on any atom is -0.346 e. The summed E-state index contributed by atoms with van der Waals surface area (Å²) in [6, 6.07) is 4.93. The Hall–Kier alpha value is -4.51. The molecule has 0 spiro atoms. The molecule has 1 aliphatic carbocycles. The monoisotopic (exact) mass is 455 g/mol. The number of halogens is 4. The third-order valence-corrected chi connectivity index (χ3v) is 4.32. The van der Waals surface area contributed by atoms with E-state index in [0.717, 1.165) is 30.6 Å². The fourth-order valence-electron chi connectivity index (χ4n) is 2.68. The fourth-order valence-corrected chi connectivity index (χ4v) is 2.68. The SMILES string of the molecule is N#Cc1ccc([C@@H](NC(=O)c2cc(C(=O)NCC3=C=C=C(F)C=C3)ncn2)C(F)(F)F)cc1. The number of benzene rings is 1. The molecule has 1 aromatic carbocycles. The number of nitrogens with zero attached hydrogens (tertiary/aromatic N) is 3. The summed E-state index contributed by atoms with van der Waals surface area (Å²) in [7, 11) is 0. The highest BCUT2D eigenvalue weighted by Gasteiger charge is 2.42. The van der Waals surface area contributed by atoms with E-state index < -0.39 is 35.6 Å². The van der Waals surface area contributed by atoms with Gasteiger partial charge in [0.25, 0.3) is 11.8 Å². The van der Waals surface area contributed by atoms with Crippen LogP contribution in [0.2, 0.25) is 0 Å². The van der Waals surface area contributed by atoms with Crippen molar-refractivity contribution in [3.05, 3.63) is 94.2 Å². The number of nitriles is 1. The van der Waals surface area contributed by atoms with E-state index in [9.17, 15) is 27.2 Å². The summed E-state index contributed by atoms with van der Waals surface area (Å²) in [6.45, 7) is -0.0456. The number of allylic oxidation sites excluding steroid dienone is 2. The van der Waals surface area contributed by atoms with E-state index in [1.807, 2.05) is 5.32 Å². The second-order valence-corrected chi connectivity index (χ2v) is 6.61. The standard InChI is InChI=1S/C22H13F4N5O2/c23-16-7-3-14(4-8-16)11-28-20(32)17-9-18(30-12-29-17)21(33)31-19(22(24,25)26)15-5-1-13(10-27)2-6-15/h1-3,5-7,9,12,19H,11H2,(H,28,32)(H,31,33)/t19-/m1/s1. The molecular formula is C22H13F4N5O2. The van der Waals surface area contributed by atoms with E-state index in [1.54, 1.807) is 6.07 Å². The Labute approximate surface area is 184 Å². The molecule has 1 aliphatic rings. The first-order chi connectivity index (χ1) is 15.7. The number of rotatable bonds is 6. The zero-order valence-corrected chi connectivity index (χ0v) is 16.6. The minimum atomic E-state index is -4.83. The molecule has 0 fully saturated rings. The summed E-state index contributed by atoms with van der Waals surface area (Å²) in [5, 5.41) is 13.1. The third-order valence-electron chi connectivity index (χ3n) is 4.32. The van der Waals surface area contributed by atoms with Gasteiger partial charge < -0.3 is 10.6 Å². The lowest BCUT2D eigenvalue weighted by Crippen LogP contribution is -2.38. The van der Waals surface area contributed by atoms with Gasteiger partial charge in [0, 0.05) is 11.6 Å². The Bertz CT molecular complexity index is 1260. The van der Waals surface area contributed by atoms with E-state index in [-0.39, 0.29) is 23.4 Å². The Kier molecular flexibility index (Phi) is 6.84. The van der Waals surface area contributed by atoms with Gasteiger partial charge in [-0.2, -0.15) is 22.8 Å². The Morgan fingerprint density at radius 1 is 1.06 bits per heavy atom. The number of hydrogen-bond donors (Lipinski definition) is 2. The Balaban J connectivity index is 1.74. The molecule has 1 atom stereocenters. The van der Waals surface area contributed by atoms with Crippen LogP contribution in [0.15, 0.2) is 71.7 Å². The number of amides is 2. The van der Waals surface area contributed by atoms with Crippen molar-refractivity contribution in [3.8, 4) is 6.07 Å². The lowest BCUT2D eigenvalue weighted by Gasteiger charge is -2.22. The van der Waals surface area contributed by atoms with Gasteiger partial charge in [0.1, 0.15) is 17.7 Å². The van der Waals surface area contributed by atoms with Crippen LogP contribution in [0, 0.1) is 11.3 Å². The van der Waals surface area contributed by atoms with Crippen LogP contribution < -0.4 is 10.6 Å². The zero-order chi connectivity index (χ0) is 24.0. The van der Waals surface area contributed by atoms with Crippen molar-refractivity contribution in [3.63, 3.8) is 0 Å². The molecule has 0 aliphatic heterocycles. The molecule has 11 heteroatoms. The van der Waals surface area contributed by atoms with Crippen LogP contribution >= 0.6 is 0 Å². The van der Waals surface area contributed by atoms with Gasteiger partial charge >= 0.3 is 6.18 Å². The number of hydrogen-bond acceptors (Lipinski definition) is 5. The summed E-state index contributed by atoms with van der Waals surface area (Å²) in [6.07, 6.45) is -1.45. The van der Waals surface area contributed by atoms with E-state index in [0.29, 0.717) is 5.57 Å². The number of aromatic nitrogens is 2. The van der Waals surface area contributed by atoms with Crippen LogP contribution in [0.4, 0.5) is 17.6 Å². The predicted octanol–water partition coefficient (Wildman–Crippen LogP) is 3.22. The summed E-state index contributed by atoms with van der Waals surface area (Å²) in [5.41, 5.74) is 4.29. The van der Waals surface area contributed by atoms with Gasteiger partial charge in [-0.25, -0.2) is 9.97 Å². The van der Waals surface area contributed by atoms with Crippen molar-refractivity contribution >= 4 is 11.8 Å². The highest BCUT2D eigenvalue weighted by Crippen LogP contribution is 2.33. The molecular weight excluding hydrogens is 442 g/mol. The molecule has 166 valence electrons. The molecule has 7 nitrogen and oxygen atoms in total. The zero-order valence-electron chi connectivity index (χ0n) is 16.6. The second-order valence-electron chi connectivity index (χ2n) is 6.61. The van der Waals surface area contributed by atoms with Crippen molar-refractivity contribution in [1.82, 2.24) is 20.6 Å². The third kappa shape index (κ3) is 6.02. The molecule has 2 amide bonds. The first-order valence-electron chi connectivity index (χ1n) is 9.23. The molecule has 0 unspecified atom stereocenters. The first kappa shape index (κ1) is 23.2. The van der Waals surface area contributed by atoms with E-state index in [2.05, 4.69) is 26.7 Å². The van der Waals surface area contributed by atoms with Crippen molar-refractivity contribution in [2.45, 2.75) is 12.2 Å². The highest BCUT2D eigenvalue weighted by atomic mass is 19.4. The van der Waals surface area contributed by atoms with Gasteiger partial charge in [-0.05, 0) is 35.6 Å².